The van der Waals surface area contributed by atoms with Crippen molar-refractivity contribution in [3.63, 3.8) is 0 Å². The van der Waals surface area contributed by atoms with Crippen LogP contribution in [0.25, 0.3) is 11.1 Å². The van der Waals surface area contributed by atoms with Gasteiger partial charge in [-0.3, -0.25) is 0 Å². The molecule has 0 amide bonds. The van der Waals surface area contributed by atoms with E-state index in [9.17, 15) is 4.79 Å². The van der Waals surface area contributed by atoms with Gasteiger partial charge in [0.2, 0.25) is 0 Å². The molecule has 24 heavy (non-hydrogen) atoms. The van der Waals surface area contributed by atoms with Crippen molar-refractivity contribution < 1.29 is 9.53 Å². The first-order valence-electron chi connectivity index (χ1n) is 7.80. The van der Waals surface area contributed by atoms with Gasteiger partial charge in [-0.2, -0.15) is 0 Å². The lowest BCUT2D eigenvalue weighted by Crippen LogP contribution is -2.08. The predicted octanol–water partition coefficient (Wildman–Crippen LogP) is 4.82. The van der Waals surface area contributed by atoms with E-state index in [1.807, 2.05) is 91.0 Å². The largest absolute Gasteiger partial charge is 0.465 e. The molecule has 0 radical (unpaired) electrons. The van der Waals surface area contributed by atoms with Crippen molar-refractivity contribution in [1.82, 2.24) is 0 Å². The summed E-state index contributed by atoms with van der Waals surface area (Å²) in [6.07, 6.45) is 0. The van der Waals surface area contributed by atoms with E-state index in [0.717, 1.165) is 22.3 Å². The Morgan fingerprint density at radius 1 is 0.625 bits per heavy atom. The average molecular weight is 314 g/mol. The predicted molar refractivity (Wildman–Crippen MR) is 97.3 cm³/mol. The fourth-order valence-electron chi connectivity index (χ4n) is 2.74. The maximum absolute atomic E-state index is 12.6. The number of ether oxygens (including phenoxy) is 1. The van der Waals surface area contributed by atoms with Gasteiger partial charge in [0.15, 0.2) is 0 Å². The van der Waals surface area contributed by atoms with Crippen LogP contribution >= 0.6 is 0 Å². The van der Waals surface area contributed by atoms with Crippen LogP contribution in [0, 0.1) is 0 Å². The number of rotatable bonds is 4. The summed E-state index contributed by atoms with van der Waals surface area (Å²) < 4.78 is 5.09. The van der Waals surface area contributed by atoms with Crippen LogP contribution in [0.1, 0.15) is 16.7 Å². The fourth-order valence-corrected chi connectivity index (χ4v) is 2.74. The van der Waals surface area contributed by atoms with E-state index in [0.29, 0.717) is 5.57 Å². The molecule has 2 nitrogen and oxygen atoms in total. The first-order valence-corrected chi connectivity index (χ1v) is 7.80. The van der Waals surface area contributed by atoms with Gasteiger partial charge in [0.05, 0.1) is 12.7 Å². The maximum Gasteiger partial charge on any atom is 0.339 e. The van der Waals surface area contributed by atoms with Crippen LogP contribution in [-0.4, -0.2) is 13.1 Å². The molecule has 0 fully saturated rings. The molecule has 3 aromatic carbocycles. The SMILES string of the molecule is COC(=O)C(=C(c1ccccc1)c1ccccc1)c1ccccc1. The van der Waals surface area contributed by atoms with Crippen molar-refractivity contribution in [2.24, 2.45) is 0 Å². The third-order valence-electron chi connectivity index (χ3n) is 3.83. The van der Waals surface area contributed by atoms with Crippen LogP contribution in [0.5, 0.6) is 0 Å². The van der Waals surface area contributed by atoms with Crippen molar-refractivity contribution in [2.45, 2.75) is 0 Å². The van der Waals surface area contributed by atoms with Gasteiger partial charge in [-0.25, -0.2) is 4.79 Å². The molecule has 0 spiro atoms. The fraction of sp³-hybridized carbons (Fsp3) is 0.0455. The van der Waals surface area contributed by atoms with Crippen LogP contribution < -0.4 is 0 Å². The third kappa shape index (κ3) is 3.28. The van der Waals surface area contributed by atoms with Gasteiger partial charge >= 0.3 is 5.97 Å². The number of methoxy groups -OCH3 is 1. The van der Waals surface area contributed by atoms with Crippen molar-refractivity contribution in [3.8, 4) is 0 Å². The first kappa shape index (κ1) is 15.8. The summed E-state index contributed by atoms with van der Waals surface area (Å²) in [7, 11) is 1.42. The standard InChI is InChI=1S/C22H18O2/c1-24-22(23)21(19-15-9-4-10-16-19)20(17-11-5-2-6-12-17)18-13-7-3-8-14-18/h2-16H,1H3. The lowest BCUT2D eigenvalue weighted by atomic mass is 9.89. The summed E-state index contributed by atoms with van der Waals surface area (Å²) in [4.78, 5) is 12.6. The molecule has 118 valence electrons. The van der Waals surface area contributed by atoms with E-state index in [2.05, 4.69) is 0 Å². The summed E-state index contributed by atoms with van der Waals surface area (Å²) in [6, 6.07) is 29.5. The summed E-state index contributed by atoms with van der Waals surface area (Å²) in [5.41, 5.74) is 4.23. The highest BCUT2D eigenvalue weighted by Crippen LogP contribution is 2.32. The summed E-state index contributed by atoms with van der Waals surface area (Å²) in [6.45, 7) is 0. The zero-order valence-corrected chi connectivity index (χ0v) is 13.5. The van der Waals surface area contributed by atoms with E-state index in [4.69, 9.17) is 4.74 Å². The number of benzene rings is 3. The Hall–Kier alpha value is -3.13. The summed E-state index contributed by atoms with van der Waals surface area (Å²) >= 11 is 0. The second-order valence-electron chi connectivity index (χ2n) is 5.34. The minimum atomic E-state index is -0.344. The number of hydrogen-bond donors (Lipinski definition) is 0. The van der Waals surface area contributed by atoms with Crippen molar-refractivity contribution in [1.29, 1.82) is 0 Å². The third-order valence-corrected chi connectivity index (χ3v) is 3.83. The molecule has 2 heteroatoms. The number of esters is 1. The van der Waals surface area contributed by atoms with Crippen LogP contribution in [-0.2, 0) is 9.53 Å². The monoisotopic (exact) mass is 314 g/mol. The Morgan fingerprint density at radius 2 is 1.00 bits per heavy atom. The van der Waals surface area contributed by atoms with Crippen LogP contribution in [0.3, 0.4) is 0 Å². The molecular weight excluding hydrogens is 296 g/mol. The molecule has 3 rings (SSSR count). The van der Waals surface area contributed by atoms with Crippen LogP contribution in [0.4, 0.5) is 0 Å². The molecule has 0 aliphatic rings. The highest BCUT2D eigenvalue weighted by molar-refractivity contribution is 6.26. The second kappa shape index (κ2) is 7.42. The van der Waals surface area contributed by atoms with Gasteiger partial charge in [0, 0.05) is 5.57 Å². The highest BCUT2D eigenvalue weighted by atomic mass is 16.5. The normalized spacial score (nSPS) is 10.0. The molecule has 0 atom stereocenters. The Bertz CT molecular complexity index is 793. The summed E-state index contributed by atoms with van der Waals surface area (Å²) in [5.74, 6) is -0.344. The highest BCUT2D eigenvalue weighted by Gasteiger charge is 2.20. The van der Waals surface area contributed by atoms with Gasteiger partial charge in [-0.1, -0.05) is 91.0 Å². The van der Waals surface area contributed by atoms with Gasteiger partial charge < -0.3 is 4.74 Å². The molecule has 0 saturated heterocycles. The quantitative estimate of drug-likeness (QED) is 0.392. The number of carbonyl (C=O) groups is 1. The average Bonchev–Trinajstić information content (AvgIpc) is 2.67. The Balaban J connectivity index is 2.35. The molecule has 0 aliphatic carbocycles. The maximum atomic E-state index is 12.6. The van der Waals surface area contributed by atoms with Crippen LogP contribution in [0.2, 0.25) is 0 Å². The minimum absolute atomic E-state index is 0.344. The molecule has 0 aromatic heterocycles. The van der Waals surface area contributed by atoms with E-state index in [-0.39, 0.29) is 5.97 Å². The molecule has 0 N–H and O–H groups in total. The number of carbonyl (C=O) groups excluding carboxylic acids is 1. The summed E-state index contributed by atoms with van der Waals surface area (Å²) in [5, 5.41) is 0. The van der Waals surface area contributed by atoms with Crippen molar-refractivity contribution in [3.05, 3.63) is 108 Å². The van der Waals surface area contributed by atoms with E-state index >= 15 is 0 Å². The smallest absolute Gasteiger partial charge is 0.339 e. The van der Waals surface area contributed by atoms with Gasteiger partial charge in [-0.05, 0) is 16.7 Å². The lowest BCUT2D eigenvalue weighted by molar-refractivity contribution is -0.133. The molecule has 0 aliphatic heterocycles. The Kier molecular flexibility index (Phi) is 4.87. The van der Waals surface area contributed by atoms with E-state index in [1.54, 1.807) is 0 Å². The van der Waals surface area contributed by atoms with Gasteiger partial charge in [0.1, 0.15) is 0 Å². The molecule has 0 bridgehead atoms. The molecule has 0 heterocycles. The first-order chi connectivity index (χ1) is 11.8. The molecule has 0 saturated carbocycles. The van der Waals surface area contributed by atoms with Gasteiger partial charge in [-0.15, -0.1) is 0 Å². The molecular formula is C22H18O2. The lowest BCUT2D eigenvalue weighted by Gasteiger charge is -2.15. The zero-order chi connectivity index (χ0) is 16.8. The Labute approximate surface area is 142 Å². The molecule has 0 unspecified atom stereocenters. The molecule has 3 aromatic rings. The second-order valence-corrected chi connectivity index (χ2v) is 5.34. The Morgan fingerprint density at radius 3 is 1.38 bits per heavy atom. The number of hydrogen-bond acceptors (Lipinski definition) is 2. The van der Waals surface area contributed by atoms with E-state index < -0.39 is 0 Å². The van der Waals surface area contributed by atoms with Crippen molar-refractivity contribution in [2.75, 3.05) is 7.11 Å². The van der Waals surface area contributed by atoms with Crippen molar-refractivity contribution >= 4 is 17.1 Å². The minimum Gasteiger partial charge on any atom is -0.465 e. The van der Waals surface area contributed by atoms with E-state index in [1.165, 1.54) is 7.11 Å². The van der Waals surface area contributed by atoms with Crippen LogP contribution in [0.15, 0.2) is 91.0 Å². The van der Waals surface area contributed by atoms with Gasteiger partial charge in [0.25, 0.3) is 0 Å². The topological polar surface area (TPSA) is 26.3 Å². The zero-order valence-electron chi connectivity index (χ0n) is 13.5.